The van der Waals surface area contributed by atoms with E-state index in [-0.39, 0.29) is 13.0 Å². The number of amides is 4. The van der Waals surface area contributed by atoms with Gasteiger partial charge in [0.25, 0.3) is 5.91 Å². The maximum atomic E-state index is 13.5. The van der Waals surface area contributed by atoms with Gasteiger partial charge in [0, 0.05) is 29.7 Å². The first kappa shape index (κ1) is 23.0. The molecule has 1 aliphatic rings. The number of likely N-dealkylation sites (N-methyl/N-ethyl adjacent to an activating group) is 1. The minimum absolute atomic E-state index is 0.108. The Labute approximate surface area is 197 Å². The van der Waals surface area contributed by atoms with Crippen molar-refractivity contribution in [2.45, 2.75) is 25.5 Å². The second-order valence-electron chi connectivity index (χ2n) is 8.31. The van der Waals surface area contributed by atoms with E-state index in [1.807, 2.05) is 19.1 Å². The van der Waals surface area contributed by atoms with Crippen LogP contribution >= 0.6 is 0 Å². The Balaban J connectivity index is 1.62. The SMILES string of the molecule is Cc1ccc(NC(=O)CC2(NC(=O)Nc3ccc(CO)cc3)C(=O)N(C)c3ccccc32)cc1. The zero-order valence-electron chi connectivity index (χ0n) is 19.0. The molecular weight excluding hydrogens is 432 g/mol. The zero-order chi connectivity index (χ0) is 24.3. The van der Waals surface area contributed by atoms with E-state index in [4.69, 9.17) is 0 Å². The number of rotatable bonds is 6. The van der Waals surface area contributed by atoms with Gasteiger partial charge in [-0.2, -0.15) is 0 Å². The van der Waals surface area contributed by atoms with Gasteiger partial charge in [0.2, 0.25) is 5.91 Å². The summed E-state index contributed by atoms with van der Waals surface area (Å²) in [5.41, 5.74) is 2.45. The molecule has 0 bridgehead atoms. The monoisotopic (exact) mass is 458 g/mol. The second-order valence-corrected chi connectivity index (χ2v) is 8.31. The molecule has 0 spiro atoms. The molecule has 4 amide bonds. The van der Waals surface area contributed by atoms with Crippen molar-refractivity contribution >= 4 is 34.9 Å². The maximum Gasteiger partial charge on any atom is 0.320 e. The Kier molecular flexibility index (Phi) is 6.34. The molecule has 0 saturated heterocycles. The summed E-state index contributed by atoms with van der Waals surface area (Å²) >= 11 is 0. The van der Waals surface area contributed by atoms with E-state index >= 15 is 0 Å². The maximum absolute atomic E-state index is 13.5. The lowest BCUT2D eigenvalue weighted by Gasteiger charge is -2.29. The van der Waals surface area contributed by atoms with Crippen LogP contribution in [0.5, 0.6) is 0 Å². The van der Waals surface area contributed by atoms with E-state index in [1.165, 1.54) is 4.90 Å². The third-order valence-corrected chi connectivity index (χ3v) is 5.88. The van der Waals surface area contributed by atoms with E-state index in [9.17, 15) is 19.5 Å². The van der Waals surface area contributed by atoms with Crippen molar-refractivity contribution in [3.05, 3.63) is 89.5 Å². The topological polar surface area (TPSA) is 111 Å². The molecule has 1 heterocycles. The number of anilines is 3. The van der Waals surface area contributed by atoms with Gasteiger partial charge in [0.05, 0.1) is 13.0 Å². The van der Waals surface area contributed by atoms with Crippen LogP contribution in [-0.2, 0) is 21.7 Å². The molecular formula is C26H26N4O4. The first-order valence-corrected chi connectivity index (χ1v) is 10.9. The first-order valence-electron chi connectivity index (χ1n) is 10.9. The fourth-order valence-corrected chi connectivity index (χ4v) is 4.11. The number of aryl methyl sites for hydroxylation is 1. The molecule has 0 aliphatic carbocycles. The molecule has 3 aromatic carbocycles. The third-order valence-electron chi connectivity index (χ3n) is 5.88. The minimum atomic E-state index is -1.57. The normalized spacial score (nSPS) is 16.7. The number of aliphatic hydroxyl groups excluding tert-OH is 1. The summed E-state index contributed by atoms with van der Waals surface area (Å²) in [6.45, 7) is 1.84. The number of fused-ring (bicyclic) bond motifs is 1. The van der Waals surface area contributed by atoms with Gasteiger partial charge in [-0.15, -0.1) is 0 Å². The molecule has 4 N–H and O–H groups in total. The summed E-state index contributed by atoms with van der Waals surface area (Å²) in [5, 5.41) is 17.5. The van der Waals surface area contributed by atoms with Crippen LogP contribution in [-0.4, -0.2) is 30.0 Å². The molecule has 1 atom stereocenters. The minimum Gasteiger partial charge on any atom is -0.392 e. The van der Waals surface area contributed by atoms with Crippen LogP contribution in [0.4, 0.5) is 21.9 Å². The van der Waals surface area contributed by atoms with E-state index in [2.05, 4.69) is 16.0 Å². The Morgan fingerprint density at radius 1 is 0.912 bits per heavy atom. The molecule has 0 fully saturated rings. The van der Waals surface area contributed by atoms with Crippen molar-refractivity contribution in [3.8, 4) is 0 Å². The van der Waals surface area contributed by atoms with Gasteiger partial charge in [-0.1, -0.05) is 48.0 Å². The molecule has 1 unspecified atom stereocenters. The molecule has 8 heteroatoms. The molecule has 3 aromatic rings. The lowest BCUT2D eigenvalue weighted by atomic mass is 9.87. The fourth-order valence-electron chi connectivity index (χ4n) is 4.11. The van der Waals surface area contributed by atoms with Crippen LogP contribution < -0.4 is 20.9 Å². The number of carbonyl (C=O) groups excluding carboxylic acids is 3. The van der Waals surface area contributed by atoms with Gasteiger partial charge < -0.3 is 26.0 Å². The molecule has 0 saturated carbocycles. The highest BCUT2D eigenvalue weighted by molar-refractivity contribution is 6.12. The van der Waals surface area contributed by atoms with Crippen LogP contribution in [0.3, 0.4) is 0 Å². The van der Waals surface area contributed by atoms with Crippen molar-refractivity contribution in [1.29, 1.82) is 0 Å². The average molecular weight is 459 g/mol. The van der Waals surface area contributed by atoms with Gasteiger partial charge in [0.15, 0.2) is 5.54 Å². The molecule has 4 rings (SSSR count). The van der Waals surface area contributed by atoms with Gasteiger partial charge in [-0.3, -0.25) is 9.59 Å². The summed E-state index contributed by atoms with van der Waals surface area (Å²) in [5.74, 6) is -0.812. The number of urea groups is 1. The van der Waals surface area contributed by atoms with Gasteiger partial charge in [-0.05, 0) is 42.8 Å². The fraction of sp³-hybridized carbons (Fsp3) is 0.192. The number of benzene rings is 3. The van der Waals surface area contributed by atoms with E-state index in [0.717, 1.165) is 5.56 Å². The number of carbonyl (C=O) groups is 3. The van der Waals surface area contributed by atoms with Crippen LogP contribution in [0.2, 0.25) is 0 Å². The number of nitrogens with one attached hydrogen (secondary N) is 3. The Hall–Kier alpha value is -4.17. The highest BCUT2D eigenvalue weighted by Crippen LogP contribution is 2.41. The summed E-state index contributed by atoms with van der Waals surface area (Å²) in [6.07, 6.45) is -0.280. The van der Waals surface area contributed by atoms with Gasteiger partial charge in [0.1, 0.15) is 0 Å². The number of para-hydroxylation sites is 1. The van der Waals surface area contributed by atoms with Crippen LogP contribution in [0, 0.1) is 6.92 Å². The molecule has 8 nitrogen and oxygen atoms in total. The van der Waals surface area contributed by atoms with Crippen molar-refractivity contribution in [1.82, 2.24) is 5.32 Å². The van der Waals surface area contributed by atoms with Crippen molar-refractivity contribution in [2.24, 2.45) is 0 Å². The Morgan fingerprint density at radius 2 is 1.53 bits per heavy atom. The predicted octanol–water partition coefficient (Wildman–Crippen LogP) is 3.51. The molecule has 1 aliphatic heterocycles. The van der Waals surface area contributed by atoms with Crippen LogP contribution in [0.25, 0.3) is 0 Å². The second kappa shape index (κ2) is 9.36. The number of aliphatic hydroxyl groups is 1. The molecule has 0 radical (unpaired) electrons. The van der Waals surface area contributed by atoms with Gasteiger partial charge in [-0.25, -0.2) is 4.79 Å². The van der Waals surface area contributed by atoms with E-state index in [1.54, 1.807) is 67.7 Å². The number of hydrogen-bond acceptors (Lipinski definition) is 4. The molecule has 34 heavy (non-hydrogen) atoms. The van der Waals surface area contributed by atoms with Crippen molar-refractivity contribution < 1.29 is 19.5 Å². The number of nitrogens with zero attached hydrogens (tertiary/aromatic N) is 1. The van der Waals surface area contributed by atoms with E-state index < -0.39 is 23.4 Å². The van der Waals surface area contributed by atoms with Crippen LogP contribution in [0.1, 0.15) is 23.1 Å². The largest absolute Gasteiger partial charge is 0.392 e. The quantitative estimate of drug-likeness (QED) is 0.453. The number of hydrogen-bond donors (Lipinski definition) is 4. The Morgan fingerprint density at radius 3 is 2.21 bits per heavy atom. The lowest BCUT2D eigenvalue weighted by Crippen LogP contribution is -2.55. The summed E-state index contributed by atoms with van der Waals surface area (Å²) in [6, 6.07) is 20.5. The highest BCUT2D eigenvalue weighted by Gasteiger charge is 2.52. The standard InChI is InChI=1S/C26H26N4O4/c1-17-7-11-19(12-8-17)27-23(32)15-26(21-5-3-4-6-22(21)30(2)24(26)33)29-25(34)28-20-13-9-18(16-31)10-14-20/h3-14,31H,15-16H2,1-2H3,(H,27,32)(H2,28,29,34). The predicted molar refractivity (Wildman–Crippen MR) is 130 cm³/mol. The third kappa shape index (κ3) is 4.49. The van der Waals surface area contributed by atoms with E-state index in [0.29, 0.717) is 28.2 Å². The van der Waals surface area contributed by atoms with Crippen molar-refractivity contribution in [2.75, 3.05) is 22.6 Å². The summed E-state index contributed by atoms with van der Waals surface area (Å²) in [4.78, 5) is 41.0. The zero-order valence-corrected chi connectivity index (χ0v) is 19.0. The Bertz CT molecular complexity index is 1220. The smallest absolute Gasteiger partial charge is 0.320 e. The summed E-state index contributed by atoms with van der Waals surface area (Å²) in [7, 11) is 1.62. The molecule has 174 valence electrons. The highest BCUT2D eigenvalue weighted by atomic mass is 16.3. The first-order chi connectivity index (χ1) is 16.3. The lowest BCUT2D eigenvalue weighted by molar-refractivity contribution is -0.128. The van der Waals surface area contributed by atoms with Crippen molar-refractivity contribution in [3.63, 3.8) is 0 Å². The molecule has 0 aromatic heterocycles. The van der Waals surface area contributed by atoms with Crippen LogP contribution in [0.15, 0.2) is 72.8 Å². The summed E-state index contributed by atoms with van der Waals surface area (Å²) < 4.78 is 0. The van der Waals surface area contributed by atoms with Gasteiger partial charge >= 0.3 is 6.03 Å². The average Bonchev–Trinajstić information content (AvgIpc) is 3.03.